The van der Waals surface area contributed by atoms with Gasteiger partial charge in [-0.1, -0.05) is 26.0 Å². The highest BCUT2D eigenvalue weighted by molar-refractivity contribution is 5.47. The summed E-state index contributed by atoms with van der Waals surface area (Å²) in [5, 5.41) is 19.4. The van der Waals surface area contributed by atoms with Gasteiger partial charge in [-0.05, 0) is 30.9 Å². The van der Waals surface area contributed by atoms with Gasteiger partial charge in [-0.2, -0.15) is 0 Å². The minimum Gasteiger partial charge on any atom is -0.507 e. The summed E-state index contributed by atoms with van der Waals surface area (Å²) in [5.41, 5.74) is 2.49. The average molecular weight is 194 g/mol. The van der Waals surface area contributed by atoms with E-state index in [1.165, 1.54) is 0 Å². The summed E-state index contributed by atoms with van der Waals surface area (Å²) in [6.45, 7) is 7.62. The summed E-state index contributed by atoms with van der Waals surface area (Å²) in [7, 11) is 0. The Kier molecular flexibility index (Phi) is 3.17. The molecule has 78 valence electrons. The molecule has 1 aromatic carbocycles. The number of hydrogen-bond donors (Lipinski definition) is 2. The second-order valence-corrected chi connectivity index (χ2v) is 4.06. The van der Waals surface area contributed by atoms with Crippen molar-refractivity contribution in [2.24, 2.45) is 0 Å². The number of benzene rings is 1. The zero-order chi connectivity index (χ0) is 10.9. The van der Waals surface area contributed by atoms with E-state index in [9.17, 15) is 10.2 Å². The molecule has 0 aromatic heterocycles. The highest BCUT2D eigenvalue weighted by atomic mass is 16.3. The number of aryl methyl sites for hydroxylation is 1. The van der Waals surface area contributed by atoms with E-state index in [2.05, 4.69) is 13.8 Å². The van der Waals surface area contributed by atoms with Crippen molar-refractivity contribution in [1.82, 2.24) is 0 Å². The lowest BCUT2D eigenvalue weighted by atomic mass is 9.92. The summed E-state index contributed by atoms with van der Waals surface area (Å²) < 4.78 is 0. The van der Waals surface area contributed by atoms with E-state index in [0.717, 1.165) is 11.1 Å². The van der Waals surface area contributed by atoms with Crippen molar-refractivity contribution in [2.75, 3.05) is 0 Å². The Morgan fingerprint density at radius 3 is 2.14 bits per heavy atom. The standard InChI is InChI=1S/C12H18O2/c1-7(2)10-6-5-8(3)12(14)11(10)9(4)13/h5-7,9,13-14H,1-4H3. The molecule has 2 N–H and O–H groups in total. The molecule has 0 aliphatic rings. The van der Waals surface area contributed by atoms with Crippen molar-refractivity contribution in [3.63, 3.8) is 0 Å². The van der Waals surface area contributed by atoms with Crippen molar-refractivity contribution in [1.29, 1.82) is 0 Å². The number of aliphatic hydroxyl groups excluding tert-OH is 1. The number of phenolic OH excluding ortho intramolecular Hbond substituents is 1. The molecule has 0 fully saturated rings. The molecule has 0 amide bonds. The molecule has 0 heterocycles. The first-order chi connectivity index (χ1) is 6.45. The minimum atomic E-state index is -0.618. The Hall–Kier alpha value is -1.02. The highest BCUT2D eigenvalue weighted by Gasteiger charge is 2.16. The number of hydrogen-bond acceptors (Lipinski definition) is 2. The summed E-state index contributed by atoms with van der Waals surface area (Å²) in [4.78, 5) is 0. The molecule has 1 rings (SSSR count). The fourth-order valence-corrected chi connectivity index (χ4v) is 1.68. The first-order valence-electron chi connectivity index (χ1n) is 4.95. The topological polar surface area (TPSA) is 40.5 Å². The van der Waals surface area contributed by atoms with E-state index < -0.39 is 6.10 Å². The molecule has 2 heteroatoms. The average Bonchev–Trinajstić information content (AvgIpc) is 2.08. The SMILES string of the molecule is Cc1ccc(C(C)C)c(C(C)O)c1O. The molecule has 1 unspecified atom stereocenters. The maximum atomic E-state index is 9.84. The maximum Gasteiger partial charge on any atom is 0.124 e. The molecule has 0 aliphatic carbocycles. The Balaban J connectivity index is 3.38. The molecule has 0 aliphatic heterocycles. The van der Waals surface area contributed by atoms with Crippen LogP contribution in [0.5, 0.6) is 5.75 Å². The predicted octanol–water partition coefficient (Wildman–Crippen LogP) is 2.88. The fourth-order valence-electron chi connectivity index (χ4n) is 1.68. The van der Waals surface area contributed by atoms with Crippen molar-refractivity contribution in [3.05, 3.63) is 28.8 Å². The Labute approximate surface area is 85.2 Å². The summed E-state index contributed by atoms with van der Waals surface area (Å²) in [6, 6.07) is 3.86. The molecule has 0 radical (unpaired) electrons. The molecular formula is C12H18O2. The lowest BCUT2D eigenvalue weighted by Gasteiger charge is -2.17. The molecule has 0 saturated heterocycles. The van der Waals surface area contributed by atoms with Gasteiger partial charge in [0.25, 0.3) is 0 Å². The first kappa shape index (κ1) is 11.1. The quantitative estimate of drug-likeness (QED) is 0.760. The van der Waals surface area contributed by atoms with Crippen LogP contribution >= 0.6 is 0 Å². The van der Waals surface area contributed by atoms with Gasteiger partial charge in [0, 0.05) is 5.56 Å². The van der Waals surface area contributed by atoms with E-state index in [1.807, 2.05) is 19.1 Å². The lowest BCUT2D eigenvalue weighted by molar-refractivity contribution is 0.193. The third-order valence-electron chi connectivity index (χ3n) is 2.49. The fraction of sp³-hybridized carbons (Fsp3) is 0.500. The van der Waals surface area contributed by atoms with Gasteiger partial charge in [-0.3, -0.25) is 0 Å². The third-order valence-corrected chi connectivity index (χ3v) is 2.49. The van der Waals surface area contributed by atoms with Crippen LogP contribution in [0.25, 0.3) is 0 Å². The summed E-state index contributed by atoms with van der Waals surface area (Å²) in [6.07, 6.45) is -0.618. The zero-order valence-corrected chi connectivity index (χ0v) is 9.20. The van der Waals surface area contributed by atoms with Crippen LogP contribution in [0.4, 0.5) is 0 Å². The smallest absolute Gasteiger partial charge is 0.124 e. The molecule has 2 nitrogen and oxygen atoms in total. The van der Waals surface area contributed by atoms with Gasteiger partial charge in [0.2, 0.25) is 0 Å². The number of aliphatic hydroxyl groups is 1. The second-order valence-electron chi connectivity index (χ2n) is 4.06. The third kappa shape index (κ3) is 1.90. The molecule has 1 aromatic rings. The molecule has 1 atom stereocenters. The van der Waals surface area contributed by atoms with Gasteiger partial charge in [-0.15, -0.1) is 0 Å². The van der Waals surface area contributed by atoms with Gasteiger partial charge in [0.05, 0.1) is 6.10 Å². The maximum absolute atomic E-state index is 9.84. The van der Waals surface area contributed by atoms with Gasteiger partial charge < -0.3 is 10.2 Å². The molecule has 0 bridgehead atoms. The second kappa shape index (κ2) is 4.01. The lowest BCUT2D eigenvalue weighted by Crippen LogP contribution is -2.01. The Morgan fingerprint density at radius 1 is 1.14 bits per heavy atom. The van der Waals surface area contributed by atoms with Gasteiger partial charge in [0.15, 0.2) is 0 Å². The van der Waals surface area contributed by atoms with E-state index in [1.54, 1.807) is 6.92 Å². The number of aromatic hydroxyl groups is 1. The van der Waals surface area contributed by atoms with Crippen LogP contribution in [0.2, 0.25) is 0 Å². The Bertz CT molecular complexity index is 327. The van der Waals surface area contributed by atoms with Crippen molar-refractivity contribution in [2.45, 2.75) is 39.7 Å². The largest absolute Gasteiger partial charge is 0.507 e. The summed E-state index contributed by atoms with van der Waals surface area (Å²) in [5.74, 6) is 0.539. The van der Waals surface area contributed by atoms with E-state index in [-0.39, 0.29) is 5.75 Å². The van der Waals surface area contributed by atoms with Crippen molar-refractivity contribution in [3.8, 4) is 5.75 Å². The zero-order valence-electron chi connectivity index (χ0n) is 9.20. The number of rotatable bonds is 2. The molecular weight excluding hydrogens is 176 g/mol. The van der Waals surface area contributed by atoms with Crippen LogP contribution in [0.15, 0.2) is 12.1 Å². The van der Waals surface area contributed by atoms with Crippen molar-refractivity contribution >= 4 is 0 Å². The molecule has 14 heavy (non-hydrogen) atoms. The van der Waals surface area contributed by atoms with Crippen LogP contribution in [0.3, 0.4) is 0 Å². The summed E-state index contributed by atoms with van der Waals surface area (Å²) >= 11 is 0. The molecule has 0 saturated carbocycles. The van der Waals surface area contributed by atoms with E-state index in [0.29, 0.717) is 11.5 Å². The van der Waals surface area contributed by atoms with E-state index >= 15 is 0 Å². The van der Waals surface area contributed by atoms with E-state index in [4.69, 9.17) is 0 Å². The minimum absolute atomic E-state index is 0.228. The highest BCUT2D eigenvalue weighted by Crippen LogP contribution is 2.34. The first-order valence-corrected chi connectivity index (χ1v) is 4.95. The van der Waals surface area contributed by atoms with Gasteiger partial charge >= 0.3 is 0 Å². The van der Waals surface area contributed by atoms with Crippen LogP contribution in [-0.2, 0) is 0 Å². The Morgan fingerprint density at radius 2 is 1.71 bits per heavy atom. The van der Waals surface area contributed by atoms with Crippen molar-refractivity contribution < 1.29 is 10.2 Å². The van der Waals surface area contributed by atoms with Gasteiger partial charge in [0.1, 0.15) is 5.75 Å². The van der Waals surface area contributed by atoms with Crippen LogP contribution in [0.1, 0.15) is 49.5 Å². The molecule has 0 spiro atoms. The predicted molar refractivity (Wildman–Crippen MR) is 57.6 cm³/mol. The van der Waals surface area contributed by atoms with Crippen LogP contribution < -0.4 is 0 Å². The van der Waals surface area contributed by atoms with Gasteiger partial charge in [-0.25, -0.2) is 0 Å². The normalized spacial score (nSPS) is 13.3. The van der Waals surface area contributed by atoms with Crippen LogP contribution in [-0.4, -0.2) is 10.2 Å². The monoisotopic (exact) mass is 194 g/mol. The van der Waals surface area contributed by atoms with Crippen LogP contribution in [0, 0.1) is 6.92 Å². The number of phenols is 1.